The predicted molar refractivity (Wildman–Crippen MR) is 80.2 cm³/mol. The summed E-state index contributed by atoms with van der Waals surface area (Å²) in [5.74, 6) is 2.37. The molecule has 0 aliphatic heterocycles. The van der Waals surface area contributed by atoms with Crippen molar-refractivity contribution in [1.82, 2.24) is 0 Å². The Labute approximate surface area is 109 Å². The Hall–Kier alpha value is -0.520. The van der Waals surface area contributed by atoms with Gasteiger partial charge in [0.25, 0.3) is 0 Å². The van der Waals surface area contributed by atoms with Gasteiger partial charge in [0.2, 0.25) is 0 Å². The normalized spacial score (nSPS) is 17.6. The molecule has 0 heteroatoms. The van der Waals surface area contributed by atoms with E-state index in [-0.39, 0.29) is 0 Å². The monoisotopic (exact) mass is 236 g/mol. The first-order valence-electron chi connectivity index (χ1n) is 7.26. The van der Waals surface area contributed by atoms with E-state index in [1.165, 1.54) is 36.8 Å². The molecule has 0 aromatic rings. The van der Waals surface area contributed by atoms with E-state index in [1.54, 1.807) is 0 Å². The zero-order chi connectivity index (χ0) is 13.4. The van der Waals surface area contributed by atoms with Crippen LogP contribution in [-0.2, 0) is 0 Å². The van der Waals surface area contributed by atoms with Crippen LogP contribution in [0.2, 0.25) is 0 Å². The van der Waals surface area contributed by atoms with Crippen LogP contribution in [0.15, 0.2) is 23.8 Å². The Bertz CT molecular complexity index is 247. The first-order chi connectivity index (χ1) is 7.93. The lowest BCUT2D eigenvalue weighted by Gasteiger charge is -2.20. The highest BCUT2D eigenvalue weighted by atomic mass is 14.2. The van der Waals surface area contributed by atoms with Crippen molar-refractivity contribution in [3.05, 3.63) is 23.8 Å². The molecule has 0 spiro atoms. The fourth-order valence-corrected chi connectivity index (χ4v) is 2.18. The Kier molecular flexibility index (Phi) is 8.29. The highest BCUT2D eigenvalue weighted by Crippen LogP contribution is 2.26. The SMILES string of the molecule is C=C(C(C)=CC)C(C)CCCC(C)C(C)CC. The summed E-state index contributed by atoms with van der Waals surface area (Å²) in [5.41, 5.74) is 2.68. The van der Waals surface area contributed by atoms with Gasteiger partial charge in [-0.3, -0.25) is 0 Å². The van der Waals surface area contributed by atoms with Crippen LogP contribution in [0.1, 0.15) is 67.2 Å². The standard InChI is InChI=1S/C17H32/c1-8-13(3)15(5)11-10-12-16(6)17(7)14(4)9-2/h9,13,15-16H,7-8,10-12H2,1-6H3. The van der Waals surface area contributed by atoms with Crippen LogP contribution < -0.4 is 0 Å². The summed E-state index contributed by atoms with van der Waals surface area (Å²) < 4.78 is 0. The van der Waals surface area contributed by atoms with Crippen molar-refractivity contribution in [3.8, 4) is 0 Å². The molecule has 0 aliphatic rings. The molecule has 0 fully saturated rings. The molecule has 0 N–H and O–H groups in total. The molecule has 17 heavy (non-hydrogen) atoms. The summed E-state index contributed by atoms with van der Waals surface area (Å²) in [7, 11) is 0. The summed E-state index contributed by atoms with van der Waals surface area (Å²) in [6.07, 6.45) is 7.46. The van der Waals surface area contributed by atoms with Gasteiger partial charge in [0.1, 0.15) is 0 Å². The van der Waals surface area contributed by atoms with Gasteiger partial charge in [-0.05, 0) is 43.6 Å². The second-order valence-corrected chi connectivity index (χ2v) is 5.69. The van der Waals surface area contributed by atoms with E-state index in [4.69, 9.17) is 0 Å². The number of allylic oxidation sites excluding steroid dienone is 3. The van der Waals surface area contributed by atoms with E-state index < -0.39 is 0 Å². The van der Waals surface area contributed by atoms with Crippen molar-refractivity contribution in [2.75, 3.05) is 0 Å². The minimum absolute atomic E-state index is 0.635. The Morgan fingerprint density at radius 2 is 1.71 bits per heavy atom. The molecule has 0 aliphatic carbocycles. The van der Waals surface area contributed by atoms with Crippen LogP contribution in [0.5, 0.6) is 0 Å². The third-order valence-electron chi connectivity index (χ3n) is 4.45. The van der Waals surface area contributed by atoms with Gasteiger partial charge in [-0.25, -0.2) is 0 Å². The molecule has 0 nitrogen and oxygen atoms in total. The van der Waals surface area contributed by atoms with Gasteiger partial charge in [0, 0.05) is 0 Å². The first kappa shape index (κ1) is 16.5. The highest BCUT2D eigenvalue weighted by Gasteiger charge is 2.12. The van der Waals surface area contributed by atoms with Crippen LogP contribution in [-0.4, -0.2) is 0 Å². The van der Waals surface area contributed by atoms with Crippen molar-refractivity contribution < 1.29 is 0 Å². The van der Waals surface area contributed by atoms with Crippen molar-refractivity contribution in [2.45, 2.75) is 67.2 Å². The van der Waals surface area contributed by atoms with E-state index in [2.05, 4.69) is 54.2 Å². The lowest BCUT2D eigenvalue weighted by molar-refractivity contribution is 0.338. The van der Waals surface area contributed by atoms with E-state index in [0.717, 1.165) is 11.8 Å². The highest BCUT2D eigenvalue weighted by molar-refractivity contribution is 5.27. The van der Waals surface area contributed by atoms with Crippen molar-refractivity contribution in [2.24, 2.45) is 17.8 Å². The summed E-state index contributed by atoms with van der Waals surface area (Å²) in [5, 5.41) is 0. The largest absolute Gasteiger partial charge is 0.0953 e. The summed E-state index contributed by atoms with van der Waals surface area (Å²) in [6, 6.07) is 0. The van der Waals surface area contributed by atoms with Crippen LogP contribution >= 0.6 is 0 Å². The molecular weight excluding hydrogens is 204 g/mol. The smallest absolute Gasteiger partial charge is 0.0194 e. The van der Waals surface area contributed by atoms with Crippen LogP contribution in [0.4, 0.5) is 0 Å². The average molecular weight is 236 g/mol. The van der Waals surface area contributed by atoms with E-state index >= 15 is 0 Å². The fraction of sp³-hybridized carbons (Fsp3) is 0.765. The van der Waals surface area contributed by atoms with Gasteiger partial charge in [-0.15, -0.1) is 0 Å². The molecular formula is C17H32. The summed E-state index contributed by atoms with van der Waals surface area (Å²) >= 11 is 0. The molecule has 0 aromatic carbocycles. The molecule has 0 aromatic heterocycles. The topological polar surface area (TPSA) is 0 Å². The molecule has 0 radical (unpaired) electrons. The zero-order valence-corrected chi connectivity index (χ0v) is 12.8. The van der Waals surface area contributed by atoms with Gasteiger partial charge < -0.3 is 0 Å². The lowest BCUT2D eigenvalue weighted by atomic mass is 9.86. The van der Waals surface area contributed by atoms with Gasteiger partial charge in [0.05, 0.1) is 0 Å². The quantitative estimate of drug-likeness (QED) is 0.454. The third kappa shape index (κ3) is 6.10. The molecule has 0 rings (SSSR count). The number of hydrogen-bond acceptors (Lipinski definition) is 0. The molecule has 0 amide bonds. The Morgan fingerprint density at radius 3 is 2.18 bits per heavy atom. The minimum atomic E-state index is 0.635. The molecule has 0 saturated heterocycles. The maximum absolute atomic E-state index is 4.21. The summed E-state index contributed by atoms with van der Waals surface area (Å²) in [6.45, 7) is 17.8. The van der Waals surface area contributed by atoms with Gasteiger partial charge in [-0.2, -0.15) is 0 Å². The van der Waals surface area contributed by atoms with E-state index in [0.29, 0.717) is 5.92 Å². The molecule has 0 bridgehead atoms. The number of rotatable bonds is 8. The molecule has 3 unspecified atom stereocenters. The zero-order valence-electron chi connectivity index (χ0n) is 12.8. The third-order valence-corrected chi connectivity index (χ3v) is 4.45. The van der Waals surface area contributed by atoms with Crippen molar-refractivity contribution in [3.63, 3.8) is 0 Å². The van der Waals surface area contributed by atoms with Crippen LogP contribution in [0.25, 0.3) is 0 Å². The molecule has 0 saturated carbocycles. The Balaban J connectivity index is 3.93. The molecule has 3 atom stereocenters. The maximum Gasteiger partial charge on any atom is -0.0194 e. The van der Waals surface area contributed by atoms with Gasteiger partial charge >= 0.3 is 0 Å². The fourth-order valence-electron chi connectivity index (χ4n) is 2.18. The second-order valence-electron chi connectivity index (χ2n) is 5.69. The first-order valence-corrected chi connectivity index (χ1v) is 7.26. The molecule has 100 valence electrons. The lowest BCUT2D eigenvalue weighted by Crippen LogP contribution is -2.08. The van der Waals surface area contributed by atoms with Gasteiger partial charge in [0.15, 0.2) is 0 Å². The van der Waals surface area contributed by atoms with Gasteiger partial charge in [-0.1, -0.05) is 65.2 Å². The van der Waals surface area contributed by atoms with E-state index in [9.17, 15) is 0 Å². The van der Waals surface area contributed by atoms with E-state index in [1.807, 2.05) is 0 Å². The average Bonchev–Trinajstić information content (AvgIpc) is 2.35. The van der Waals surface area contributed by atoms with Crippen molar-refractivity contribution >= 4 is 0 Å². The van der Waals surface area contributed by atoms with Crippen molar-refractivity contribution in [1.29, 1.82) is 0 Å². The predicted octanol–water partition coefficient (Wildman–Crippen LogP) is 6.00. The Morgan fingerprint density at radius 1 is 1.12 bits per heavy atom. The van der Waals surface area contributed by atoms with Crippen LogP contribution in [0.3, 0.4) is 0 Å². The molecule has 0 heterocycles. The maximum atomic E-state index is 4.21. The minimum Gasteiger partial charge on any atom is -0.0953 e. The number of hydrogen-bond donors (Lipinski definition) is 0. The summed E-state index contributed by atoms with van der Waals surface area (Å²) in [4.78, 5) is 0. The van der Waals surface area contributed by atoms with Crippen LogP contribution in [0, 0.1) is 17.8 Å². The second kappa shape index (κ2) is 8.55.